The number of rotatable bonds is 1. The van der Waals surface area contributed by atoms with Crippen molar-refractivity contribution in [3.8, 4) is 0 Å². The maximum Gasteiger partial charge on any atom is 0.246 e. The summed E-state index contributed by atoms with van der Waals surface area (Å²) in [6.45, 7) is 6.77. The fourth-order valence-electron chi connectivity index (χ4n) is 2.40. The fourth-order valence-corrected chi connectivity index (χ4v) is 2.79. The van der Waals surface area contributed by atoms with Gasteiger partial charge in [-0.3, -0.25) is 4.79 Å². The molecule has 0 aromatic heterocycles. The van der Waals surface area contributed by atoms with E-state index in [2.05, 4.69) is 28.2 Å². The van der Waals surface area contributed by atoms with Crippen LogP contribution in [-0.4, -0.2) is 24.0 Å². The molecule has 1 unspecified atom stereocenters. The van der Waals surface area contributed by atoms with Gasteiger partial charge in [-0.05, 0) is 45.4 Å². The maximum atomic E-state index is 12.6. The Balaban J connectivity index is 2.34. The number of benzene rings is 1. The zero-order valence-corrected chi connectivity index (χ0v) is 12.6. The number of halogens is 1. The van der Waals surface area contributed by atoms with Gasteiger partial charge in [0, 0.05) is 22.7 Å². The molecule has 1 atom stereocenters. The lowest BCUT2D eigenvalue weighted by Gasteiger charge is -2.30. The monoisotopic (exact) mass is 310 g/mol. The molecule has 18 heavy (non-hydrogen) atoms. The van der Waals surface area contributed by atoms with Gasteiger partial charge >= 0.3 is 0 Å². The first-order valence-corrected chi connectivity index (χ1v) is 7.05. The van der Waals surface area contributed by atoms with E-state index in [1.807, 2.05) is 43.0 Å². The van der Waals surface area contributed by atoms with Crippen LogP contribution in [0.15, 0.2) is 28.7 Å². The van der Waals surface area contributed by atoms with E-state index in [4.69, 9.17) is 0 Å². The predicted molar refractivity (Wildman–Crippen MR) is 77.8 cm³/mol. The molecule has 1 amide bonds. The van der Waals surface area contributed by atoms with Gasteiger partial charge in [0.05, 0.1) is 5.54 Å². The third-order valence-corrected chi connectivity index (χ3v) is 3.79. The fraction of sp³-hybridized carbons (Fsp3) is 0.500. The zero-order valence-electron chi connectivity index (χ0n) is 11.0. The Morgan fingerprint density at radius 1 is 1.44 bits per heavy atom. The number of amides is 1. The number of nitrogens with one attached hydrogen (secondary N) is 1. The van der Waals surface area contributed by atoms with Gasteiger partial charge in [-0.15, -0.1) is 0 Å². The number of carbonyl (C=O) groups is 1. The Bertz CT molecular complexity index is 459. The Hall–Kier alpha value is -0.870. The third kappa shape index (κ3) is 2.75. The van der Waals surface area contributed by atoms with E-state index >= 15 is 0 Å². The molecule has 1 heterocycles. The molecule has 98 valence electrons. The number of hydrogen-bond acceptors (Lipinski definition) is 2. The van der Waals surface area contributed by atoms with Crippen LogP contribution in [-0.2, 0) is 4.79 Å². The van der Waals surface area contributed by atoms with E-state index < -0.39 is 5.54 Å². The Morgan fingerprint density at radius 2 is 2.17 bits per heavy atom. The molecule has 0 saturated carbocycles. The minimum atomic E-state index is -0.516. The Morgan fingerprint density at radius 3 is 2.83 bits per heavy atom. The topological polar surface area (TPSA) is 32.3 Å². The van der Waals surface area contributed by atoms with E-state index in [-0.39, 0.29) is 5.91 Å². The molecule has 4 heteroatoms. The summed E-state index contributed by atoms with van der Waals surface area (Å²) in [5, 5.41) is 3.38. The molecular formula is C14H19BrN2O. The number of carbonyl (C=O) groups excluding carboxylic acids is 1. The van der Waals surface area contributed by atoms with Crippen molar-refractivity contribution in [1.29, 1.82) is 0 Å². The van der Waals surface area contributed by atoms with Crippen molar-refractivity contribution in [2.75, 3.05) is 11.4 Å². The van der Waals surface area contributed by atoms with Gasteiger partial charge in [0.2, 0.25) is 5.91 Å². The highest BCUT2D eigenvalue weighted by Crippen LogP contribution is 2.25. The highest BCUT2D eigenvalue weighted by atomic mass is 79.9. The van der Waals surface area contributed by atoms with Crippen molar-refractivity contribution < 1.29 is 4.79 Å². The highest BCUT2D eigenvalue weighted by molar-refractivity contribution is 9.10. The van der Waals surface area contributed by atoms with E-state index in [0.717, 1.165) is 23.1 Å². The molecule has 1 saturated heterocycles. The van der Waals surface area contributed by atoms with Crippen LogP contribution in [0.5, 0.6) is 0 Å². The van der Waals surface area contributed by atoms with Crippen molar-refractivity contribution in [2.45, 2.75) is 38.8 Å². The van der Waals surface area contributed by atoms with Crippen molar-refractivity contribution in [3.63, 3.8) is 0 Å². The normalized spacial score (nSPS) is 23.9. The first-order valence-electron chi connectivity index (χ1n) is 6.25. The lowest BCUT2D eigenvalue weighted by molar-refractivity contribution is -0.123. The molecular weight excluding hydrogens is 292 g/mol. The summed E-state index contributed by atoms with van der Waals surface area (Å²) in [5.74, 6) is 0.130. The lowest BCUT2D eigenvalue weighted by atomic mass is 10.0. The molecule has 1 aromatic rings. The lowest BCUT2D eigenvalue weighted by Crippen LogP contribution is -2.53. The van der Waals surface area contributed by atoms with Gasteiger partial charge in [0.25, 0.3) is 0 Å². The minimum absolute atomic E-state index is 0.130. The quantitative estimate of drug-likeness (QED) is 0.865. The van der Waals surface area contributed by atoms with Gasteiger partial charge in [-0.1, -0.05) is 22.0 Å². The largest absolute Gasteiger partial charge is 0.311 e. The van der Waals surface area contributed by atoms with Crippen LogP contribution in [0.1, 0.15) is 27.2 Å². The summed E-state index contributed by atoms with van der Waals surface area (Å²) in [5.41, 5.74) is 0.441. The molecule has 0 aliphatic carbocycles. The van der Waals surface area contributed by atoms with Crippen LogP contribution in [0.3, 0.4) is 0 Å². The molecule has 2 rings (SSSR count). The van der Waals surface area contributed by atoms with E-state index in [1.165, 1.54) is 0 Å². The van der Waals surface area contributed by atoms with Gasteiger partial charge in [0.15, 0.2) is 0 Å². The predicted octanol–water partition coefficient (Wildman–Crippen LogP) is 2.94. The first kappa shape index (κ1) is 13.6. The standard InChI is InChI=1S/C14H19BrN2O/c1-10-7-8-17(13(18)14(2,3)16-10)12-6-4-5-11(15)9-12/h4-6,9-10,16H,7-8H2,1-3H3. The molecule has 1 aliphatic heterocycles. The van der Waals surface area contributed by atoms with Crippen molar-refractivity contribution in [3.05, 3.63) is 28.7 Å². The molecule has 1 aliphatic rings. The van der Waals surface area contributed by atoms with Crippen LogP contribution in [0.25, 0.3) is 0 Å². The smallest absolute Gasteiger partial charge is 0.246 e. The second-order valence-electron chi connectivity index (χ2n) is 5.40. The maximum absolute atomic E-state index is 12.6. The molecule has 0 spiro atoms. The van der Waals surface area contributed by atoms with E-state index in [1.54, 1.807) is 0 Å². The number of nitrogens with zero attached hydrogens (tertiary/aromatic N) is 1. The van der Waals surface area contributed by atoms with Crippen LogP contribution >= 0.6 is 15.9 Å². The minimum Gasteiger partial charge on any atom is -0.311 e. The van der Waals surface area contributed by atoms with Crippen LogP contribution in [0, 0.1) is 0 Å². The zero-order chi connectivity index (χ0) is 13.3. The Kier molecular flexibility index (Phi) is 3.78. The molecule has 0 radical (unpaired) electrons. The summed E-state index contributed by atoms with van der Waals surface area (Å²) in [7, 11) is 0. The number of hydrogen-bond donors (Lipinski definition) is 1. The van der Waals surface area contributed by atoms with Crippen LogP contribution in [0.2, 0.25) is 0 Å². The highest BCUT2D eigenvalue weighted by Gasteiger charge is 2.36. The SMILES string of the molecule is CC1CCN(c2cccc(Br)c2)C(=O)C(C)(C)N1. The molecule has 1 fully saturated rings. The summed E-state index contributed by atoms with van der Waals surface area (Å²) in [6, 6.07) is 8.25. The van der Waals surface area contributed by atoms with E-state index in [0.29, 0.717) is 6.04 Å². The molecule has 3 nitrogen and oxygen atoms in total. The molecule has 1 aromatic carbocycles. The van der Waals surface area contributed by atoms with E-state index in [9.17, 15) is 4.79 Å². The summed E-state index contributed by atoms with van der Waals surface area (Å²) in [6.07, 6.45) is 0.960. The molecule has 1 N–H and O–H groups in total. The average molecular weight is 311 g/mol. The van der Waals surface area contributed by atoms with Crippen LogP contribution in [0.4, 0.5) is 5.69 Å². The van der Waals surface area contributed by atoms with Crippen molar-refractivity contribution in [2.24, 2.45) is 0 Å². The third-order valence-electron chi connectivity index (χ3n) is 3.29. The van der Waals surface area contributed by atoms with Crippen molar-refractivity contribution >= 4 is 27.5 Å². The summed E-state index contributed by atoms with van der Waals surface area (Å²) < 4.78 is 0.996. The van der Waals surface area contributed by atoms with Crippen molar-refractivity contribution in [1.82, 2.24) is 5.32 Å². The average Bonchev–Trinajstić information content (AvgIpc) is 2.37. The van der Waals surface area contributed by atoms with Crippen LogP contribution < -0.4 is 10.2 Å². The second-order valence-corrected chi connectivity index (χ2v) is 6.31. The van der Waals surface area contributed by atoms with Gasteiger partial charge < -0.3 is 10.2 Å². The molecule has 0 bridgehead atoms. The number of anilines is 1. The van der Waals surface area contributed by atoms with Gasteiger partial charge in [-0.25, -0.2) is 0 Å². The Labute approximate surface area is 117 Å². The second kappa shape index (κ2) is 5.02. The summed E-state index contributed by atoms with van der Waals surface area (Å²) >= 11 is 3.46. The first-order chi connectivity index (χ1) is 8.40. The van der Waals surface area contributed by atoms with Gasteiger partial charge in [0.1, 0.15) is 0 Å². The van der Waals surface area contributed by atoms with Gasteiger partial charge in [-0.2, -0.15) is 0 Å². The summed E-state index contributed by atoms with van der Waals surface area (Å²) in [4.78, 5) is 14.4.